The molecule has 21 heavy (non-hydrogen) atoms. The van der Waals surface area contributed by atoms with Crippen molar-refractivity contribution in [1.29, 1.82) is 0 Å². The van der Waals surface area contributed by atoms with Gasteiger partial charge in [0.2, 0.25) is 0 Å². The molecule has 1 saturated heterocycles. The molecule has 0 bridgehead atoms. The first-order valence-corrected chi connectivity index (χ1v) is 7.78. The van der Waals surface area contributed by atoms with Gasteiger partial charge in [0.05, 0.1) is 11.0 Å². The van der Waals surface area contributed by atoms with Crippen molar-refractivity contribution in [3.8, 4) is 0 Å². The predicted octanol–water partition coefficient (Wildman–Crippen LogP) is 4.28. The SMILES string of the molecule is O=[N+]([O-])c1cc(F)cc(N2CCC3(CCCCC3)CC2)c1. The van der Waals surface area contributed by atoms with E-state index in [2.05, 4.69) is 4.90 Å². The Morgan fingerprint density at radius 2 is 1.71 bits per heavy atom. The van der Waals surface area contributed by atoms with Gasteiger partial charge in [0.1, 0.15) is 5.82 Å². The van der Waals surface area contributed by atoms with E-state index in [0.29, 0.717) is 11.1 Å². The highest BCUT2D eigenvalue weighted by atomic mass is 19.1. The van der Waals surface area contributed by atoms with Gasteiger partial charge in [-0.1, -0.05) is 19.3 Å². The van der Waals surface area contributed by atoms with Crippen molar-refractivity contribution < 1.29 is 9.31 Å². The van der Waals surface area contributed by atoms with Gasteiger partial charge in [0.15, 0.2) is 0 Å². The zero-order chi connectivity index (χ0) is 14.9. The molecule has 4 nitrogen and oxygen atoms in total. The van der Waals surface area contributed by atoms with Crippen LogP contribution in [0, 0.1) is 21.3 Å². The second kappa shape index (κ2) is 5.62. The number of rotatable bonds is 2. The quantitative estimate of drug-likeness (QED) is 0.603. The second-order valence-corrected chi connectivity index (χ2v) is 6.47. The molecule has 5 heteroatoms. The first kappa shape index (κ1) is 14.3. The third-order valence-corrected chi connectivity index (χ3v) is 5.18. The molecule has 0 unspecified atom stereocenters. The number of piperidine rings is 1. The molecule has 0 atom stereocenters. The summed E-state index contributed by atoms with van der Waals surface area (Å²) in [5, 5.41) is 10.9. The minimum absolute atomic E-state index is 0.164. The highest BCUT2D eigenvalue weighted by molar-refractivity contribution is 5.54. The fourth-order valence-corrected chi connectivity index (χ4v) is 3.89. The van der Waals surface area contributed by atoms with E-state index >= 15 is 0 Å². The zero-order valence-corrected chi connectivity index (χ0v) is 12.2. The first-order chi connectivity index (χ1) is 10.1. The maximum absolute atomic E-state index is 13.6. The average molecular weight is 292 g/mol. The zero-order valence-electron chi connectivity index (χ0n) is 12.2. The van der Waals surface area contributed by atoms with Gasteiger partial charge >= 0.3 is 0 Å². The monoisotopic (exact) mass is 292 g/mol. The molecule has 1 saturated carbocycles. The molecule has 2 fully saturated rings. The number of nitrogens with zero attached hydrogens (tertiary/aromatic N) is 2. The van der Waals surface area contributed by atoms with Crippen LogP contribution in [0.2, 0.25) is 0 Å². The molecular formula is C16H21FN2O2. The van der Waals surface area contributed by atoms with Crippen molar-refractivity contribution in [1.82, 2.24) is 0 Å². The Balaban J connectivity index is 1.73. The number of nitro groups is 1. The summed E-state index contributed by atoms with van der Waals surface area (Å²) in [6.07, 6.45) is 8.86. The molecule has 0 radical (unpaired) electrons. The van der Waals surface area contributed by atoms with Gasteiger partial charge in [-0.2, -0.15) is 0 Å². The smallest absolute Gasteiger partial charge is 0.274 e. The van der Waals surface area contributed by atoms with E-state index in [1.165, 1.54) is 44.2 Å². The lowest BCUT2D eigenvalue weighted by Crippen LogP contribution is -2.41. The summed E-state index contributed by atoms with van der Waals surface area (Å²) in [6.45, 7) is 1.75. The predicted molar refractivity (Wildman–Crippen MR) is 80.0 cm³/mol. The molecule has 114 valence electrons. The Morgan fingerprint density at radius 3 is 2.33 bits per heavy atom. The number of hydrogen-bond donors (Lipinski definition) is 0. The van der Waals surface area contributed by atoms with E-state index < -0.39 is 10.7 Å². The summed E-state index contributed by atoms with van der Waals surface area (Å²) in [7, 11) is 0. The maximum Gasteiger partial charge on any atom is 0.274 e. The lowest BCUT2D eigenvalue weighted by molar-refractivity contribution is -0.385. The van der Waals surface area contributed by atoms with Gasteiger partial charge in [0, 0.05) is 24.8 Å². The molecule has 1 aromatic rings. The lowest BCUT2D eigenvalue weighted by atomic mass is 9.68. The number of benzene rings is 1. The Kier molecular flexibility index (Phi) is 3.83. The molecule has 1 spiro atoms. The second-order valence-electron chi connectivity index (χ2n) is 6.47. The van der Waals surface area contributed by atoms with E-state index in [1.807, 2.05) is 0 Å². The lowest BCUT2D eigenvalue weighted by Gasteiger charge is -2.45. The topological polar surface area (TPSA) is 46.4 Å². The summed E-state index contributed by atoms with van der Waals surface area (Å²) >= 11 is 0. The van der Waals surface area contributed by atoms with Gasteiger partial charge < -0.3 is 4.90 Å². The van der Waals surface area contributed by atoms with Crippen LogP contribution in [0.25, 0.3) is 0 Å². The van der Waals surface area contributed by atoms with Crippen molar-refractivity contribution in [2.24, 2.45) is 5.41 Å². The maximum atomic E-state index is 13.6. The summed E-state index contributed by atoms with van der Waals surface area (Å²) in [5.74, 6) is -0.530. The molecule has 3 rings (SSSR count). The minimum Gasteiger partial charge on any atom is -0.371 e. The molecule has 2 aliphatic rings. The van der Waals surface area contributed by atoms with Crippen molar-refractivity contribution in [2.75, 3.05) is 18.0 Å². The Bertz CT molecular complexity index is 531. The van der Waals surface area contributed by atoms with Crippen molar-refractivity contribution in [3.05, 3.63) is 34.1 Å². The summed E-state index contributed by atoms with van der Waals surface area (Å²) in [4.78, 5) is 12.4. The molecule has 1 aliphatic heterocycles. The Hall–Kier alpha value is -1.65. The number of non-ortho nitro benzene ring substituents is 1. The summed E-state index contributed by atoms with van der Waals surface area (Å²) in [5.41, 5.74) is 0.962. The fourth-order valence-electron chi connectivity index (χ4n) is 3.89. The molecular weight excluding hydrogens is 271 g/mol. The van der Waals surface area contributed by atoms with Crippen LogP contribution < -0.4 is 4.90 Å². The highest BCUT2D eigenvalue weighted by Gasteiger charge is 2.35. The van der Waals surface area contributed by atoms with Crippen LogP contribution in [-0.2, 0) is 0 Å². The van der Waals surface area contributed by atoms with Crippen LogP contribution in [0.3, 0.4) is 0 Å². The third kappa shape index (κ3) is 3.01. The van der Waals surface area contributed by atoms with Crippen LogP contribution in [-0.4, -0.2) is 18.0 Å². The van der Waals surface area contributed by atoms with Gasteiger partial charge in [-0.05, 0) is 37.2 Å². The number of anilines is 1. The number of halogens is 1. The van der Waals surface area contributed by atoms with Crippen molar-refractivity contribution in [2.45, 2.75) is 44.9 Å². The van der Waals surface area contributed by atoms with Crippen LogP contribution in [0.4, 0.5) is 15.8 Å². The van der Waals surface area contributed by atoms with Gasteiger partial charge in [-0.15, -0.1) is 0 Å². The summed E-state index contributed by atoms with van der Waals surface area (Å²) < 4.78 is 13.6. The van der Waals surface area contributed by atoms with Gasteiger partial charge in [0.25, 0.3) is 5.69 Å². The molecule has 0 N–H and O–H groups in total. The van der Waals surface area contributed by atoms with Crippen LogP contribution >= 0.6 is 0 Å². The van der Waals surface area contributed by atoms with Crippen molar-refractivity contribution in [3.63, 3.8) is 0 Å². The molecule has 1 aromatic carbocycles. The van der Waals surface area contributed by atoms with E-state index in [9.17, 15) is 14.5 Å². The van der Waals surface area contributed by atoms with Gasteiger partial charge in [-0.3, -0.25) is 10.1 Å². The third-order valence-electron chi connectivity index (χ3n) is 5.18. The van der Waals surface area contributed by atoms with E-state index in [4.69, 9.17) is 0 Å². The van der Waals surface area contributed by atoms with E-state index in [0.717, 1.165) is 32.0 Å². The molecule has 1 aliphatic carbocycles. The average Bonchev–Trinajstić information content (AvgIpc) is 2.48. The Morgan fingerprint density at radius 1 is 1.05 bits per heavy atom. The van der Waals surface area contributed by atoms with E-state index in [-0.39, 0.29) is 5.69 Å². The van der Waals surface area contributed by atoms with E-state index in [1.54, 1.807) is 0 Å². The number of nitro benzene ring substituents is 1. The molecule has 1 heterocycles. The standard InChI is InChI=1S/C16H21FN2O2/c17-13-10-14(12-15(11-13)19(20)21)18-8-6-16(7-9-18)4-2-1-3-5-16/h10-12H,1-9H2. The van der Waals surface area contributed by atoms with Crippen LogP contribution in [0.5, 0.6) is 0 Å². The van der Waals surface area contributed by atoms with Crippen LogP contribution in [0.15, 0.2) is 18.2 Å². The highest BCUT2D eigenvalue weighted by Crippen LogP contribution is 2.45. The Labute approximate surface area is 124 Å². The largest absolute Gasteiger partial charge is 0.371 e. The first-order valence-electron chi connectivity index (χ1n) is 7.78. The van der Waals surface area contributed by atoms with Crippen LogP contribution in [0.1, 0.15) is 44.9 Å². The van der Waals surface area contributed by atoms with Crippen molar-refractivity contribution >= 4 is 11.4 Å². The minimum atomic E-state index is -0.530. The molecule has 0 aromatic heterocycles. The summed E-state index contributed by atoms with van der Waals surface area (Å²) in [6, 6.07) is 3.88. The van der Waals surface area contributed by atoms with Gasteiger partial charge in [-0.25, -0.2) is 4.39 Å². The number of hydrogen-bond acceptors (Lipinski definition) is 3. The molecule has 0 amide bonds. The normalized spacial score (nSPS) is 21.5. The fraction of sp³-hybridized carbons (Fsp3) is 0.625.